The van der Waals surface area contributed by atoms with Crippen molar-refractivity contribution in [2.24, 2.45) is 5.92 Å². The van der Waals surface area contributed by atoms with Crippen molar-refractivity contribution in [2.45, 2.75) is 33.4 Å². The van der Waals surface area contributed by atoms with Gasteiger partial charge in [-0.05, 0) is 19.4 Å². The zero-order chi connectivity index (χ0) is 13.5. The molecule has 18 heavy (non-hydrogen) atoms. The van der Waals surface area contributed by atoms with Gasteiger partial charge in [0.25, 0.3) is 0 Å². The summed E-state index contributed by atoms with van der Waals surface area (Å²) in [5.41, 5.74) is 1.06. The maximum absolute atomic E-state index is 5.20. The highest BCUT2D eigenvalue weighted by molar-refractivity contribution is 7.15. The lowest BCUT2D eigenvalue weighted by Gasteiger charge is -2.16. The number of ether oxygens (including phenoxy) is 1. The van der Waals surface area contributed by atoms with Gasteiger partial charge in [-0.2, -0.15) is 0 Å². The standard InChI is InChI=1S/C13H25N3OS/c1-10(2)6-7-16(4)13-15-11(9-17-5)12(18-13)8-14-3/h10,14H,6-9H2,1-5H3. The second-order valence-electron chi connectivity index (χ2n) is 4.93. The molecule has 0 aromatic carbocycles. The van der Waals surface area contributed by atoms with E-state index < -0.39 is 0 Å². The van der Waals surface area contributed by atoms with Crippen molar-refractivity contribution in [1.82, 2.24) is 10.3 Å². The van der Waals surface area contributed by atoms with Crippen LogP contribution in [0, 0.1) is 5.92 Å². The molecule has 1 aromatic rings. The highest BCUT2D eigenvalue weighted by Crippen LogP contribution is 2.26. The van der Waals surface area contributed by atoms with E-state index in [9.17, 15) is 0 Å². The molecule has 0 aliphatic carbocycles. The van der Waals surface area contributed by atoms with Crippen molar-refractivity contribution in [1.29, 1.82) is 0 Å². The topological polar surface area (TPSA) is 37.4 Å². The first-order valence-electron chi connectivity index (χ1n) is 6.41. The summed E-state index contributed by atoms with van der Waals surface area (Å²) in [6.45, 7) is 6.99. The number of aromatic nitrogens is 1. The first-order chi connectivity index (χ1) is 8.58. The maximum Gasteiger partial charge on any atom is 0.185 e. The molecule has 4 nitrogen and oxygen atoms in total. The Morgan fingerprint density at radius 3 is 2.72 bits per heavy atom. The Bertz CT molecular complexity index is 329. The SMILES string of the molecule is CNCc1sc(N(C)CCC(C)C)nc1COC. The van der Waals surface area contributed by atoms with Crippen LogP contribution in [0.15, 0.2) is 0 Å². The molecule has 104 valence electrons. The van der Waals surface area contributed by atoms with Crippen molar-refractivity contribution in [3.63, 3.8) is 0 Å². The van der Waals surface area contributed by atoms with Gasteiger partial charge in [-0.1, -0.05) is 13.8 Å². The van der Waals surface area contributed by atoms with Crippen LogP contribution in [0.2, 0.25) is 0 Å². The van der Waals surface area contributed by atoms with Gasteiger partial charge < -0.3 is 15.0 Å². The van der Waals surface area contributed by atoms with Crippen LogP contribution in [-0.4, -0.2) is 32.7 Å². The van der Waals surface area contributed by atoms with Crippen LogP contribution in [0.1, 0.15) is 30.8 Å². The van der Waals surface area contributed by atoms with E-state index in [-0.39, 0.29) is 0 Å². The molecule has 0 spiro atoms. The van der Waals surface area contributed by atoms with Gasteiger partial charge in [-0.3, -0.25) is 0 Å². The number of nitrogens with zero attached hydrogens (tertiary/aromatic N) is 2. The lowest BCUT2D eigenvalue weighted by molar-refractivity contribution is 0.181. The van der Waals surface area contributed by atoms with Gasteiger partial charge in [0.05, 0.1) is 12.3 Å². The summed E-state index contributed by atoms with van der Waals surface area (Å²) in [6.07, 6.45) is 1.19. The Morgan fingerprint density at radius 1 is 1.44 bits per heavy atom. The van der Waals surface area contributed by atoms with E-state index in [1.54, 1.807) is 18.4 Å². The van der Waals surface area contributed by atoms with Crippen LogP contribution in [0.3, 0.4) is 0 Å². The average Bonchev–Trinajstić information content (AvgIpc) is 2.71. The molecule has 0 aliphatic heterocycles. The minimum absolute atomic E-state index is 0.589. The molecule has 0 fully saturated rings. The molecule has 1 rings (SSSR count). The lowest BCUT2D eigenvalue weighted by atomic mass is 10.1. The van der Waals surface area contributed by atoms with Gasteiger partial charge in [-0.25, -0.2) is 4.98 Å². The molecule has 1 aromatic heterocycles. The Kier molecular flexibility index (Phi) is 6.60. The quantitative estimate of drug-likeness (QED) is 0.788. The van der Waals surface area contributed by atoms with Gasteiger partial charge in [0.1, 0.15) is 0 Å². The van der Waals surface area contributed by atoms with E-state index >= 15 is 0 Å². The molecule has 1 N–H and O–H groups in total. The van der Waals surface area contributed by atoms with Crippen LogP contribution >= 0.6 is 11.3 Å². The zero-order valence-electron chi connectivity index (χ0n) is 12.1. The van der Waals surface area contributed by atoms with Crippen LogP contribution in [-0.2, 0) is 17.9 Å². The van der Waals surface area contributed by atoms with Gasteiger partial charge in [0.15, 0.2) is 5.13 Å². The predicted octanol–water partition coefficient (Wildman–Crippen LogP) is 2.49. The summed E-state index contributed by atoms with van der Waals surface area (Å²) in [5.74, 6) is 0.725. The minimum Gasteiger partial charge on any atom is -0.378 e. The molecule has 0 aliphatic rings. The Hall–Kier alpha value is -0.650. The number of hydrogen-bond acceptors (Lipinski definition) is 5. The Labute approximate surface area is 114 Å². The third-order valence-electron chi connectivity index (χ3n) is 2.75. The van der Waals surface area contributed by atoms with Gasteiger partial charge >= 0.3 is 0 Å². The smallest absolute Gasteiger partial charge is 0.185 e. The molecule has 1 heterocycles. The van der Waals surface area contributed by atoms with Crippen LogP contribution in [0.25, 0.3) is 0 Å². The summed E-state index contributed by atoms with van der Waals surface area (Å²) in [7, 11) is 5.78. The summed E-state index contributed by atoms with van der Waals surface area (Å²) >= 11 is 1.76. The Morgan fingerprint density at radius 2 is 2.17 bits per heavy atom. The summed E-state index contributed by atoms with van der Waals surface area (Å²) in [5, 5.41) is 4.27. The van der Waals surface area contributed by atoms with Crippen molar-refractivity contribution in [3.8, 4) is 0 Å². The van der Waals surface area contributed by atoms with Crippen LogP contribution in [0.4, 0.5) is 5.13 Å². The summed E-state index contributed by atoms with van der Waals surface area (Å²) in [6, 6.07) is 0. The van der Waals surface area contributed by atoms with E-state index in [2.05, 4.69) is 36.1 Å². The molecule has 0 atom stereocenters. The number of anilines is 1. The van der Waals surface area contributed by atoms with Gasteiger partial charge in [0.2, 0.25) is 0 Å². The third kappa shape index (κ3) is 4.55. The molecule has 0 saturated heterocycles. The molecule has 0 saturated carbocycles. The van der Waals surface area contributed by atoms with Gasteiger partial charge in [-0.15, -0.1) is 11.3 Å². The molecular weight excluding hydrogens is 246 g/mol. The molecular formula is C13H25N3OS. The minimum atomic E-state index is 0.589. The average molecular weight is 271 g/mol. The van der Waals surface area contributed by atoms with E-state index in [1.807, 2.05) is 7.05 Å². The van der Waals surface area contributed by atoms with Crippen LogP contribution < -0.4 is 10.2 Å². The number of thiazole rings is 1. The molecule has 5 heteroatoms. The summed E-state index contributed by atoms with van der Waals surface area (Å²) < 4.78 is 5.20. The molecule has 0 amide bonds. The van der Waals surface area contributed by atoms with Crippen molar-refractivity contribution in [3.05, 3.63) is 10.6 Å². The fourth-order valence-electron chi connectivity index (χ4n) is 1.63. The highest BCUT2D eigenvalue weighted by atomic mass is 32.1. The van der Waals surface area contributed by atoms with Crippen molar-refractivity contribution in [2.75, 3.05) is 32.6 Å². The van der Waals surface area contributed by atoms with E-state index in [0.29, 0.717) is 6.61 Å². The highest BCUT2D eigenvalue weighted by Gasteiger charge is 2.13. The Balaban J connectivity index is 2.72. The second-order valence-corrected chi connectivity index (χ2v) is 6.00. The number of nitrogens with one attached hydrogen (secondary N) is 1. The van der Waals surface area contributed by atoms with E-state index in [1.165, 1.54) is 11.3 Å². The maximum atomic E-state index is 5.20. The molecule has 0 unspecified atom stereocenters. The van der Waals surface area contributed by atoms with E-state index in [4.69, 9.17) is 4.74 Å². The number of methoxy groups -OCH3 is 1. The summed E-state index contributed by atoms with van der Waals surface area (Å²) in [4.78, 5) is 8.18. The first-order valence-corrected chi connectivity index (χ1v) is 7.23. The monoisotopic (exact) mass is 271 g/mol. The molecule has 0 bridgehead atoms. The number of rotatable bonds is 8. The predicted molar refractivity (Wildman–Crippen MR) is 78.3 cm³/mol. The van der Waals surface area contributed by atoms with Crippen LogP contribution in [0.5, 0.6) is 0 Å². The lowest BCUT2D eigenvalue weighted by Crippen LogP contribution is -2.19. The fraction of sp³-hybridized carbons (Fsp3) is 0.769. The third-order valence-corrected chi connectivity index (χ3v) is 3.97. The molecule has 0 radical (unpaired) electrons. The van der Waals surface area contributed by atoms with E-state index in [0.717, 1.165) is 29.8 Å². The van der Waals surface area contributed by atoms with Gasteiger partial charge in [0, 0.05) is 32.1 Å². The zero-order valence-corrected chi connectivity index (χ0v) is 12.9. The van der Waals surface area contributed by atoms with Crippen molar-refractivity contribution < 1.29 is 4.74 Å². The first kappa shape index (κ1) is 15.4. The normalized spacial score (nSPS) is 11.2. The largest absolute Gasteiger partial charge is 0.378 e. The van der Waals surface area contributed by atoms with Crippen molar-refractivity contribution >= 4 is 16.5 Å². The number of hydrogen-bond donors (Lipinski definition) is 1. The second kappa shape index (κ2) is 7.71. The fourth-order valence-corrected chi connectivity index (χ4v) is 2.69.